The third kappa shape index (κ3) is 2.39. The van der Waals surface area contributed by atoms with Gasteiger partial charge in [0.05, 0.1) is 29.2 Å². The summed E-state index contributed by atoms with van der Waals surface area (Å²) in [5.41, 5.74) is 9.63. The van der Waals surface area contributed by atoms with Crippen molar-refractivity contribution in [3.8, 4) is 11.3 Å². The summed E-state index contributed by atoms with van der Waals surface area (Å²) in [5.74, 6) is 0.441. The third-order valence-corrected chi connectivity index (χ3v) is 4.21. The van der Waals surface area contributed by atoms with Crippen LogP contribution in [0.3, 0.4) is 0 Å². The quantitative estimate of drug-likeness (QED) is 0.535. The lowest BCUT2D eigenvalue weighted by Crippen LogP contribution is -2.14. The molecule has 0 unspecified atom stereocenters. The molecular weight excluding hydrogens is 304 g/mol. The van der Waals surface area contributed by atoms with Crippen molar-refractivity contribution in [1.29, 1.82) is 0 Å². The lowest BCUT2D eigenvalue weighted by Gasteiger charge is -2.06. The van der Waals surface area contributed by atoms with E-state index < -0.39 is 6.10 Å². The summed E-state index contributed by atoms with van der Waals surface area (Å²) in [7, 11) is 0. The Morgan fingerprint density at radius 1 is 1.29 bits per heavy atom. The number of hydrogen-bond acceptors (Lipinski definition) is 5. The number of anilines is 1. The highest BCUT2D eigenvalue weighted by molar-refractivity contribution is 6.08. The number of aromatic nitrogens is 5. The second-order valence-electron chi connectivity index (χ2n) is 5.87. The molecule has 4 N–H and O–H groups in total. The molecule has 0 saturated heterocycles. The second-order valence-corrected chi connectivity index (χ2v) is 5.87. The zero-order chi connectivity index (χ0) is 16.7. The van der Waals surface area contributed by atoms with Crippen molar-refractivity contribution in [3.05, 3.63) is 36.7 Å². The first-order valence-corrected chi connectivity index (χ1v) is 7.90. The predicted molar refractivity (Wildman–Crippen MR) is 93.3 cm³/mol. The molecule has 0 aliphatic rings. The molecule has 122 valence electrons. The minimum atomic E-state index is -0.424. The van der Waals surface area contributed by atoms with Gasteiger partial charge < -0.3 is 10.8 Å². The van der Waals surface area contributed by atoms with Gasteiger partial charge in [-0.3, -0.25) is 9.78 Å². The van der Waals surface area contributed by atoms with E-state index in [1.807, 2.05) is 37.4 Å². The molecule has 4 aromatic rings. The van der Waals surface area contributed by atoms with Gasteiger partial charge in [0.1, 0.15) is 11.3 Å². The molecule has 0 saturated carbocycles. The highest BCUT2D eigenvalue weighted by Gasteiger charge is 2.13. The minimum absolute atomic E-state index is 0.424. The fraction of sp³-hybridized carbons (Fsp3) is 0.235. The summed E-state index contributed by atoms with van der Waals surface area (Å²) in [4.78, 5) is 4.51. The van der Waals surface area contributed by atoms with Crippen molar-refractivity contribution in [3.63, 3.8) is 0 Å². The van der Waals surface area contributed by atoms with Gasteiger partial charge in [-0.2, -0.15) is 10.2 Å². The second kappa shape index (κ2) is 5.61. The summed E-state index contributed by atoms with van der Waals surface area (Å²) in [6.45, 7) is 2.38. The molecule has 0 aliphatic carbocycles. The number of H-pyrrole nitrogens is 1. The zero-order valence-corrected chi connectivity index (χ0v) is 13.3. The van der Waals surface area contributed by atoms with E-state index in [0.717, 1.165) is 33.1 Å². The van der Waals surface area contributed by atoms with Crippen molar-refractivity contribution in [1.82, 2.24) is 25.0 Å². The number of hydrogen-bond donors (Lipinski definition) is 3. The van der Waals surface area contributed by atoms with E-state index in [1.54, 1.807) is 10.9 Å². The summed E-state index contributed by atoms with van der Waals surface area (Å²) < 4.78 is 1.74. The SMILES string of the molecule is CC[C@H](O)Cn1cc2c(N)nc3cc(-c4ccn[nH]4)ccc3c2n1. The normalized spacial score (nSPS) is 12.9. The van der Waals surface area contributed by atoms with E-state index in [4.69, 9.17) is 5.73 Å². The minimum Gasteiger partial charge on any atom is -0.391 e. The fourth-order valence-electron chi connectivity index (χ4n) is 2.84. The van der Waals surface area contributed by atoms with Gasteiger partial charge in [-0.1, -0.05) is 13.0 Å². The molecule has 24 heavy (non-hydrogen) atoms. The average molecular weight is 322 g/mol. The Morgan fingerprint density at radius 3 is 2.92 bits per heavy atom. The van der Waals surface area contributed by atoms with Crippen LogP contribution in [0.2, 0.25) is 0 Å². The van der Waals surface area contributed by atoms with E-state index in [-0.39, 0.29) is 0 Å². The Labute approximate surface area is 138 Å². The van der Waals surface area contributed by atoms with Crippen LogP contribution >= 0.6 is 0 Å². The molecule has 0 aliphatic heterocycles. The van der Waals surface area contributed by atoms with Gasteiger partial charge >= 0.3 is 0 Å². The van der Waals surface area contributed by atoms with Gasteiger partial charge in [-0.05, 0) is 24.6 Å². The van der Waals surface area contributed by atoms with Crippen molar-refractivity contribution < 1.29 is 5.11 Å². The van der Waals surface area contributed by atoms with Crippen LogP contribution < -0.4 is 5.73 Å². The van der Waals surface area contributed by atoms with Crippen LogP contribution in [0, 0.1) is 0 Å². The maximum atomic E-state index is 9.84. The summed E-state index contributed by atoms with van der Waals surface area (Å²) in [5, 5.41) is 23.1. The highest BCUT2D eigenvalue weighted by atomic mass is 16.3. The van der Waals surface area contributed by atoms with E-state index in [0.29, 0.717) is 18.8 Å². The van der Waals surface area contributed by atoms with Gasteiger partial charge in [0.15, 0.2) is 0 Å². The van der Waals surface area contributed by atoms with Crippen molar-refractivity contribution in [2.45, 2.75) is 26.0 Å². The summed E-state index contributed by atoms with van der Waals surface area (Å²) in [6.07, 6.45) is 3.81. The Hall–Kier alpha value is -2.93. The van der Waals surface area contributed by atoms with Crippen molar-refractivity contribution in [2.75, 3.05) is 5.73 Å². The monoisotopic (exact) mass is 322 g/mol. The van der Waals surface area contributed by atoms with Crippen LogP contribution in [0.1, 0.15) is 13.3 Å². The number of rotatable bonds is 4. The fourth-order valence-corrected chi connectivity index (χ4v) is 2.84. The lowest BCUT2D eigenvalue weighted by atomic mass is 10.1. The number of nitrogen functional groups attached to an aromatic ring is 1. The Morgan fingerprint density at radius 2 is 2.17 bits per heavy atom. The maximum Gasteiger partial charge on any atom is 0.135 e. The summed E-state index contributed by atoms with van der Waals surface area (Å²) >= 11 is 0. The molecule has 0 bridgehead atoms. The number of pyridine rings is 1. The highest BCUT2D eigenvalue weighted by Crippen LogP contribution is 2.29. The number of benzene rings is 1. The van der Waals surface area contributed by atoms with E-state index >= 15 is 0 Å². The first-order valence-electron chi connectivity index (χ1n) is 7.90. The number of fused-ring (bicyclic) bond motifs is 3. The summed E-state index contributed by atoms with van der Waals surface area (Å²) in [6, 6.07) is 7.88. The Bertz CT molecular complexity index is 1000. The molecule has 0 spiro atoms. The Kier molecular flexibility index (Phi) is 3.42. The van der Waals surface area contributed by atoms with Crippen LogP contribution in [-0.2, 0) is 6.54 Å². The van der Waals surface area contributed by atoms with Gasteiger partial charge in [-0.25, -0.2) is 4.98 Å². The first-order chi connectivity index (χ1) is 11.7. The van der Waals surface area contributed by atoms with Crippen LogP contribution in [0.5, 0.6) is 0 Å². The van der Waals surface area contributed by atoms with E-state index in [1.165, 1.54) is 0 Å². The number of aliphatic hydroxyl groups excluding tert-OH is 1. The van der Waals surface area contributed by atoms with E-state index in [9.17, 15) is 5.11 Å². The van der Waals surface area contributed by atoms with Crippen molar-refractivity contribution in [2.24, 2.45) is 0 Å². The van der Waals surface area contributed by atoms with Gasteiger partial charge in [-0.15, -0.1) is 0 Å². The molecule has 4 rings (SSSR count). The number of nitrogens with one attached hydrogen (secondary N) is 1. The van der Waals surface area contributed by atoms with Crippen LogP contribution in [0.15, 0.2) is 36.7 Å². The predicted octanol–water partition coefficient (Wildman–Crippen LogP) is 2.33. The molecule has 7 heteroatoms. The third-order valence-electron chi connectivity index (χ3n) is 4.21. The van der Waals surface area contributed by atoms with Crippen LogP contribution in [-0.4, -0.2) is 36.2 Å². The zero-order valence-electron chi connectivity index (χ0n) is 13.3. The molecule has 1 aromatic carbocycles. The van der Waals surface area contributed by atoms with Gasteiger partial charge in [0, 0.05) is 23.3 Å². The van der Waals surface area contributed by atoms with E-state index in [2.05, 4.69) is 20.3 Å². The molecular formula is C17H18N6O. The van der Waals surface area contributed by atoms with Crippen molar-refractivity contribution >= 4 is 27.6 Å². The maximum absolute atomic E-state index is 9.84. The van der Waals surface area contributed by atoms with Gasteiger partial charge in [0.25, 0.3) is 0 Å². The van der Waals surface area contributed by atoms with Crippen LogP contribution in [0.4, 0.5) is 5.82 Å². The standard InChI is InChI=1S/C17H18N6O/c1-2-11(24)8-23-9-13-16(22-23)12-4-3-10(14-5-6-19-21-14)7-15(12)20-17(13)18/h3-7,9,11,24H,2,8H2,1H3,(H2,18,20)(H,19,21)/t11-/m0/s1. The molecule has 3 aromatic heterocycles. The molecule has 0 fully saturated rings. The number of aliphatic hydroxyl groups is 1. The number of nitrogens with zero attached hydrogens (tertiary/aromatic N) is 4. The lowest BCUT2D eigenvalue weighted by molar-refractivity contribution is 0.145. The largest absolute Gasteiger partial charge is 0.391 e. The van der Waals surface area contributed by atoms with Crippen LogP contribution in [0.25, 0.3) is 33.1 Å². The molecule has 0 amide bonds. The number of aromatic amines is 1. The number of nitrogens with two attached hydrogens (primary N) is 1. The molecule has 1 atom stereocenters. The topological polar surface area (TPSA) is 106 Å². The van der Waals surface area contributed by atoms with Gasteiger partial charge in [0.2, 0.25) is 0 Å². The molecule has 0 radical (unpaired) electrons. The first kappa shape index (κ1) is 14.6. The molecule has 7 nitrogen and oxygen atoms in total. The smallest absolute Gasteiger partial charge is 0.135 e. The molecule has 3 heterocycles. The Balaban J connectivity index is 1.87. The average Bonchev–Trinajstić information content (AvgIpc) is 3.24.